The van der Waals surface area contributed by atoms with Crippen molar-refractivity contribution in [1.82, 2.24) is 5.32 Å². The predicted molar refractivity (Wildman–Crippen MR) is 75.1 cm³/mol. The first-order valence-electron chi connectivity index (χ1n) is 6.41. The molecule has 0 aliphatic carbocycles. The van der Waals surface area contributed by atoms with Gasteiger partial charge < -0.3 is 14.8 Å². The van der Waals surface area contributed by atoms with Crippen LogP contribution >= 0.6 is 0 Å². The number of hydrogen-bond donors (Lipinski definition) is 1. The number of hydrogen-bond acceptors (Lipinski definition) is 4. The molecule has 1 atom stereocenters. The van der Waals surface area contributed by atoms with E-state index in [1.54, 1.807) is 14.0 Å². The van der Waals surface area contributed by atoms with Crippen molar-refractivity contribution in [3.05, 3.63) is 29.8 Å². The second kappa shape index (κ2) is 6.57. The minimum atomic E-state index is -0.455. The van der Waals surface area contributed by atoms with Crippen LogP contribution in [0.25, 0.3) is 0 Å². The molecule has 0 aliphatic rings. The summed E-state index contributed by atoms with van der Waals surface area (Å²) in [4.78, 5) is 11.8. The Hall–Kier alpha value is -1.55. The summed E-state index contributed by atoms with van der Waals surface area (Å²) in [5, 5.41) is 3.14. The quantitative estimate of drug-likeness (QED) is 0.831. The average molecular weight is 265 g/mol. The van der Waals surface area contributed by atoms with Crippen LogP contribution in [0.15, 0.2) is 24.3 Å². The molecule has 1 aromatic carbocycles. The summed E-state index contributed by atoms with van der Waals surface area (Å²) in [6.07, 6.45) is 0. The third kappa shape index (κ3) is 5.75. The van der Waals surface area contributed by atoms with Crippen LogP contribution < -0.4 is 10.1 Å². The highest BCUT2D eigenvalue weighted by atomic mass is 16.6. The van der Waals surface area contributed by atoms with Gasteiger partial charge in [0.05, 0.1) is 7.11 Å². The Morgan fingerprint density at radius 1 is 1.37 bits per heavy atom. The number of carbonyl (C=O) groups excluding carboxylic acids is 1. The van der Waals surface area contributed by atoms with Crippen molar-refractivity contribution in [1.29, 1.82) is 0 Å². The summed E-state index contributed by atoms with van der Waals surface area (Å²) in [5.74, 6) is 0.569. The first-order chi connectivity index (χ1) is 8.81. The van der Waals surface area contributed by atoms with Crippen LogP contribution in [0.5, 0.6) is 5.75 Å². The highest BCUT2D eigenvalue weighted by molar-refractivity contribution is 5.75. The van der Waals surface area contributed by atoms with E-state index in [-0.39, 0.29) is 12.0 Å². The Balaban J connectivity index is 2.49. The molecule has 106 valence electrons. The maximum atomic E-state index is 11.8. The lowest BCUT2D eigenvalue weighted by atomic mass is 10.2. The predicted octanol–water partition coefficient (Wildman–Crippen LogP) is 2.52. The van der Waals surface area contributed by atoms with Crippen molar-refractivity contribution < 1.29 is 14.3 Å². The molecule has 0 aliphatic heterocycles. The molecule has 0 radical (unpaired) electrons. The maximum Gasteiger partial charge on any atom is 0.323 e. The summed E-state index contributed by atoms with van der Waals surface area (Å²) in [6.45, 7) is 7.98. The lowest BCUT2D eigenvalue weighted by molar-refractivity contribution is -0.157. The zero-order valence-corrected chi connectivity index (χ0v) is 12.3. The molecule has 19 heavy (non-hydrogen) atoms. The summed E-state index contributed by atoms with van der Waals surface area (Å²) < 4.78 is 10.5. The van der Waals surface area contributed by atoms with E-state index in [1.807, 2.05) is 45.0 Å². The van der Waals surface area contributed by atoms with Gasteiger partial charge in [-0.25, -0.2) is 0 Å². The van der Waals surface area contributed by atoms with Crippen molar-refractivity contribution in [3.8, 4) is 5.75 Å². The lowest BCUT2D eigenvalue weighted by Crippen LogP contribution is -2.38. The molecule has 0 fully saturated rings. The van der Waals surface area contributed by atoms with Gasteiger partial charge in [0, 0.05) is 6.54 Å². The van der Waals surface area contributed by atoms with Crippen LogP contribution in [0.1, 0.15) is 33.3 Å². The molecular weight excluding hydrogens is 242 g/mol. The van der Waals surface area contributed by atoms with Crippen molar-refractivity contribution in [2.75, 3.05) is 7.11 Å². The summed E-state index contributed by atoms with van der Waals surface area (Å²) in [6, 6.07) is 7.39. The zero-order chi connectivity index (χ0) is 14.5. The Kier molecular flexibility index (Phi) is 5.36. The molecule has 0 amide bonds. The molecule has 0 saturated heterocycles. The Bertz CT molecular complexity index is 424. The number of esters is 1. The molecule has 0 heterocycles. The van der Waals surface area contributed by atoms with Crippen LogP contribution in [0.3, 0.4) is 0 Å². The lowest BCUT2D eigenvalue weighted by Gasteiger charge is -2.22. The number of rotatable bonds is 5. The molecule has 0 aromatic heterocycles. The van der Waals surface area contributed by atoms with Gasteiger partial charge in [0.1, 0.15) is 17.4 Å². The molecule has 1 aromatic rings. The molecule has 1 N–H and O–H groups in total. The van der Waals surface area contributed by atoms with Crippen molar-refractivity contribution in [2.24, 2.45) is 0 Å². The third-order valence-corrected chi connectivity index (χ3v) is 2.51. The molecule has 4 nitrogen and oxygen atoms in total. The smallest absolute Gasteiger partial charge is 0.323 e. The highest BCUT2D eigenvalue weighted by Gasteiger charge is 2.21. The molecule has 0 bridgehead atoms. The van der Waals surface area contributed by atoms with E-state index in [0.717, 1.165) is 11.3 Å². The number of nitrogens with one attached hydrogen (secondary N) is 1. The minimum absolute atomic E-state index is 0.240. The van der Waals surface area contributed by atoms with Crippen molar-refractivity contribution in [2.45, 2.75) is 45.9 Å². The van der Waals surface area contributed by atoms with E-state index >= 15 is 0 Å². The largest absolute Gasteiger partial charge is 0.497 e. The van der Waals surface area contributed by atoms with E-state index in [0.29, 0.717) is 6.54 Å². The first kappa shape index (κ1) is 15.5. The van der Waals surface area contributed by atoms with Gasteiger partial charge in [-0.1, -0.05) is 12.1 Å². The highest BCUT2D eigenvalue weighted by Crippen LogP contribution is 2.13. The molecular formula is C15H23NO3. The van der Waals surface area contributed by atoms with Crippen LogP contribution in [-0.2, 0) is 16.1 Å². The van der Waals surface area contributed by atoms with Crippen molar-refractivity contribution in [3.63, 3.8) is 0 Å². The number of ether oxygens (including phenoxy) is 2. The maximum absolute atomic E-state index is 11.8. The Morgan fingerprint density at radius 2 is 2.05 bits per heavy atom. The number of methoxy groups -OCH3 is 1. The van der Waals surface area contributed by atoms with Crippen LogP contribution in [-0.4, -0.2) is 24.7 Å². The second-order valence-corrected chi connectivity index (χ2v) is 5.49. The molecule has 0 saturated carbocycles. The van der Waals surface area contributed by atoms with Gasteiger partial charge in [-0.15, -0.1) is 0 Å². The van der Waals surface area contributed by atoms with E-state index in [2.05, 4.69) is 5.32 Å². The third-order valence-electron chi connectivity index (χ3n) is 2.51. The van der Waals surface area contributed by atoms with Crippen molar-refractivity contribution >= 4 is 5.97 Å². The van der Waals surface area contributed by atoms with Gasteiger partial charge in [-0.05, 0) is 45.4 Å². The molecule has 1 rings (SSSR count). The van der Waals surface area contributed by atoms with Gasteiger partial charge in [0.2, 0.25) is 0 Å². The van der Waals surface area contributed by atoms with Crippen LogP contribution in [0, 0.1) is 0 Å². The van der Waals surface area contributed by atoms with Gasteiger partial charge >= 0.3 is 5.97 Å². The van der Waals surface area contributed by atoms with E-state index in [9.17, 15) is 4.79 Å². The Labute approximate surface area is 115 Å². The normalized spacial score (nSPS) is 12.9. The van der Waals surface area contributed by atoms with E-state index in [1.165, 1.54) is 0 Å². The van der Waals surface area contributed by atoms with Gasteiger partial charge in [-0.2, -0.15) is 0 Å². The fourth-order valence-corrected chi connectivity index (χ4v) is 1.53. The van der Waals surface area contributed by atoms with Gasteiger partial charge in [0.15, 0.2) is 0 Å². The first-order valence-corrected chi connectivity index (χ1v) is 6.41. The summed E-state index contributed by atoms with van der Waals surface area (Å²) in [5.41, 5.74) is 0.609. The number of benzene rings is 1. The minimum Gasteiger partial charge on any atom is -0.497 e. The fourth-order valence-electron chi connectivity index (χ4n) is 1.53. The SMILES string of the molecule is COc1cccc(CNC(C)C(=O)OC(C)(C)C)c1. The second-order valence-electron chi connectivity index (χ2n) is 5.49. The topological polar surface area (TPSA) is 47.6 Å². The van der Waals surface area contributed by atoms with Gasteiger partial charge in [-0.3, -0.25) is 4.79 Å². The standard InChI is InChI=1S/C15H23NO3/c1-11(14(17)19-15(2,3)4)16-10-12-7-6-8-13(9-12)18-5/h6-9,11,16H,10H2,1-5H3. The molecule has 1 unspecified atom stereocenters. The Morgan fingerprint density at radius 3 is 2.63 bits per heavy atom. The van der Waals surface area contributed by atoms with Crippen LogP contribution in [0.4, 0.5) is 0 Å². The molecule has 0 spiro atoms. The van der Waals surface area contributed by atoms with E-state index < -0.39 is 5.60 Å². The van der Waals surface area contributed by atoms with Crippen LogP contribution in [0.2, 0.25) is 0 Å². The summed E-state index contributed by atoms with van der Waals surface area (Å²) >= 11 is 0. The van der Waals surface area contributed by atoms with E-state index in [4.69, 9.17) is 9.47 Å². The zero-order valence-electron chi connectivity index (χ0n) is 12.3. The average Bonchev–Trinajstić information content (AvgIpc) is 2.34. The summed E-state index contributed by atoms with van der Waals surface area (Å²) in [7, 11) is 1.63. The van der Waals surface area contributed by atoms with Gasteiger partial charge in [0.25, 0.3) is 0 Å². The number of carbonyl (C=O) groups is 1. The fraction of sp³-hybridized carbons (Fsp3) is 0.533. The monoisotopic (exact) mass is 265 g/mol. The molecule has 4 heteroatoms.